The molecule has 1 aromatic rings. The van der Waals surface area contributed by atoms with Gasteiger partial charge in [-0.2, -0.15) is 0 Å². The van der Waals surface area contributed by atoms with E-state index in [9.17, 15) is 0 Å². The van der Waals surface area contributed by atoms with Gasteiger partial charge in [0.2, 0.25) is 0 Å². The summed E-state index contributed by atoms with van der Waals surface area (Å²) in [6.07, 6.45) is 0. The van der Waals surface area contributed by atoms with Crippen LogP contribution >= 0.6 is 0 Å². The van der Waals surface area contributed by atoms with Crippen molar-refractivity contribution >= 4 is 0 Å². The Balaban J connectivity index is 2.91. The van der Waals surface area contributed by atoms with E-state index in [4.69, 9.17) is 10.8 Å². The standard InChI is InChI=1S/C8H12N2O/c1-6(9)8-4-2-3-7(5-11)10-8/h2-4,6,11H,5,9H2,1H3/t6-/m1/s1. The monoisotopic (exact) mass is 152 g/mol. The molecule has 1 aromatic heterocycles. The molecule has 1 rings (SSSR count). The average Bonchev–Trinajstić information content (AvgIpc) is 2.05. The van der Waals surface area contributed by atoms with Crippen LogP contribution in [-0.4, -0.2) is 10.1 Å². The van der Waals surface area contributed by atoms with Crippen molar-refractivity contribution < 1.29 is 5.11 Å². The molecule has 0 fully saturated rings. The fraction of sp³-hybridized carbons (Fsp3) is 0.375. The van der Waals surface area contributed by atoms with Crippen molar-refractivity contribution in [2.24, 2.45) is 5.73 Å². The summed E-state index contributed by atoms with van der Waals surface area (Å²) in [4.78, 5) is 4.12. The molecule has 0 saturated carbocycles. The quantitative estimate of drug-likeness (QED) is 0.652. The largest absolute Gasteiger partial charge is 0.390 e. The summed E-state index contributed by atoms with van der Waals surface area (Å²) in [6.45, 7) is 1.84. The molecule has 0 amide bonds. The molecule has 0 bridgehead atoms. The Kier molecular flexibility index (Phi) is 2.57. The van der Waals surface area contributed by atoms with E-state index >= 15 is 0 Å². The summed E-state index contributed by atoms with van der Waals surface area (Å²) in [6, 6.07) is 5.40. The topological polar surface area (TPSA) is 59.1 Å². The molecular formula is C8H12N2O. The predicted molar refractivity (Wildman–Crippen MR) is 42.8 cm³/mol. The van der Waals surface area contributed by atoms with Crippen molar-refractivity contribution in [3.8, 4) is 0 Å². The SMILES string of the molecule is C[C@@H](N)c1cccc(CO)n1. The van der Waals surface area contributed by atoms with E-state index < -0.39 is 0 Å². The van der Waals surface area contributed by atoms with Gasteiger partial charge in [0.1, 0.15) is 0 Å². The molecule has 0 spiro atoms. The summed E-state index contributed by atoms with van der Waals surface area (Å²) in [7, 11) is 0. The molecule has 0 unspecified atom stereocenters. The molecular weight excluding hydrogens is 140 g/mol. The Bertz CT molecular complexity index is 235. The molecule has 0 aliphatic carbocycles. The third-order valence-corrected chi connectivity index (χ3v) is 1.46. The van der Waals surface area contributed by atoms with E-state index in [1.165, 1.54) is 0 Å². The van der Waals surface area contributed by atoms with Crippen LogP contribution in [0.2, 0.25) is 0 Å². The first kappa shape index (κ1) is 8.17. The van der Waals surface area contributed by atoms with E-state index in [0.29, 0.717) is 5.69 Å². The Morgan fingerprint density at radius 1 is 1.64 bits per heavy atom. The lowest BCUT2D eigenvalue weighted by molar-refractivity contribution is 0.276. The summed E-state index contributed by atoms with van der Waals surface area (Å²) in [5, 5.41) is 8.74. The smallest absolute Gasteiger partial charge is 0.0853 e. The molecule has 3 nitrogen and oxygen atoms in total. The Labute approximate surface area is 65.9 Å². The molecule has 1 atom stereocenters. The highest BCUT2D eigenvalue weighted by atomic mass is 16.3. The van der Waals surface area contributed by atoms with Crippen molar-refractivity contribution in [3.05, 3.63) is 29.6 Å². The van der Waals surface area contributed by atoms with Crippen LogP contribution in [0.1, 0.15) is 24.4 Å². The minimum absolute atomic E-state index is 0.0272. The third-order valence-electron chi connectivity index (χ3n) is 1.46. The molecule has 0 saturated heterocycles. The lowest BCUT2D eigenvalue weighted by atomic mass is 10.2. The van der Waals surface area contributed by atoms with Gasteiger partial charge in [0.15, 0.2) is 0 Å². The van der Waals surface area contributed by atoms with Gasteiger partial charge in [-0.1, -0.05) is 6.07 Å². The van der Waals surface area contributed by atoms with Crippen LogP contribution in [-0.2, 0) is 6.61 Å². The van der Waals surface area contributed by atoms with Crippen molar-refractivity contribution in [2.75, 3.05) is 0 Å². The molecule has 1 heterocycles. The number of nitrogens with two attached hydrogens (primary N) is 1. The first-order valence-corrected chi connectivity index (χ1v) is 3.56. The second kappa shape index (κ2) is 3.46. The molecule has 11 heavy (non-hydrogen) atoms. The highest BCUT2D eigenvalue weighted by Crippen LogP contribution is 2.06. The fourth-order valence-electron chi connectivity index (χ4n) is 0.840. The number of aliphatic hydroxyl groups is 1. The van der Waals surface area contributed by atoms with Gasteiger partial charge in [-0.05, 0) is 19.1 Å². The Morgan fingerprint density at radius 3 is 2.91 bits per heavy atom. The van der Waals surface area contributed by atoms with Gasteiger partial charge in [0, 0.05) is 6.04 Å². The van der Waals surface area contributed by atoms with Gasteiger partial charge in [-0.15, -0.1) is 0 Å². The number of nitrogens with zero attached hydrogens (tertiary/aromatic N) is 1. The van der Waals surface area contributed by atoms with Gasteiger partial charge >= 0.3 is 0 Å². The summed E-state index contributed by atoms with van der Waals surface area (Å²) < 4.78 is 0. The predicted octanol–water partition coefficient (Wildman–Crippen LogP) is 0.594. The van der Waals surface area contributed by atoms with Gasteiger partial charge in [0.25, 0.3) is 0 Å². The zero-order chi connectivity index (χ0) is 8.27. The highest BCUT2D eigenvalue weighted by molar-refractivity contribution is 5.12. The van der Waals surface area contributed by atoms with E-state index in [2.05, 4.69) is 4.98 Å². The number of rotatable bonds is 2. The number of pyridine rings is 1. The van der Waals surface area contributed by atoms with Crippen molar-refractivity contribution in [2.45, 2.75) is 19.6 Å². The van der Waals surface area contributed by atoms with Crippen molar-refractivity contribution in [1.82, 2.24) is 4.98 Å². The average molecular weight is 152 g/mol. The zero-order valence-corrected chi connectivity index (χ0v) is 6.49. The molecule has 0 aromatic carbocycles. The second-order valence-electron chi connectivity index (χ2n) is 2.50. The van der Waals surface area contributed by atoms with E-state index in [0.717, 1.165) is 5.69 Å². The molecule has 60 valence electrons. The maximum absolute atomic E-state index is 8.74. The highest BCUT2D eigenvalue weighted by Gasteiger charge is 2.00. The summed E-state index contributed by atoms with van der Waals surface area (Å²) in [5.74, 6) is 0. The number of aliphatic hydroxyl groups excluding tert-OH is 1. The molecule has 3 N–H and O–H groups in total. The Hall–Kier alpha value is -0.930. The van der Waals surface area contributed by atoms with Crippen molar-refractivity contribution in [3.63, 3.8) is 0 Å². The number of hydrogen-bond donors (Lipinski definition) is 2. The maximum atomic E-state index is 8.74. The first-order chi connectivity index (χ1) is 5.24. The third kappa shape index (κ3) is 2.00. The van der Waals surface area contributed by atoms with Gasteiger partial charge < -0.3 is 10.8 Å². The Morgan fingerprint density at radius 2 is 2.36 bits per heavy atom. The van der Waals surface area contributed by atoms with Crippen molar-refractivity contribution in [1.29, 1.82) is 0 Å². The van der Waals surface area contributed by atoms with E-state index in [-0.39, 0.29) is 12.6 Å². The zero-order valence-electron chi connectivity index (χ0n) is 6.49. The van der Waals surface area contributed by atoms with Crippen LogP contribution in [0.25, 0.3) is 0 Å². The van der Waals surface area contributed by atoms with Crippen LogP contribution in [0.3, 0.4) is 0 Å². The number of hydrogen-bond acceptors (Lipinski definition) is 3. The van der Waals surface area contributed by atoms with Crippen LogP contribution in [0.15, 0.2) is 18.2 Å². The fourth-order valence-corrected chi connectivity index (χ4v) is 0.840. The molecule has 0 aliphatic heterocycles. The van der Waals surface area contributed by atoms with Crippen LogP contribution in [0, 0.1) is 0 Å². The normalized spacial score (nSPS) is 13.0. The van der Waals surface area contributed by atoms with Gasteiger partial charge in [-0.3, -0.25) is 4.98 Å². The molecule has 0 aliphatic rings. The van der Waals surface area contributed by atoms with Crippen LogP contribution in [0.5, 0.6) is 0 Å². The van der Waals surface area contributed by atoms with Crippen LogP contribution < -0.4 is 5.73 Å². The summed E-state index contributed by atoms with van der Waals surface area (Å²) >= 11 is 0. The lowest BCUT2D eigenvalue weighted by Gasteiger charge is -2.04. The lowest BCUT2D eigenvalue weighted by Crippen LogP contribution is -2.08. The second-order valence-corrected chi connectivity index (χ2v) is 2.50. The first-order valence-electron chi connectivity index (χ1n) is 3.56. The van der Waals surface area contributed by atoms with Gasteiger partial charge in [0.05, 0.1) is 18.0 Å². The van der Waals surface area contributed by atoms with Crippen LogP contribution in [0.4, 0.5) is 0 Å². The van der Waals surface area contributed by atoms with E-state index in [1.807, 2.05) is 19.1 Å². The summed E-state index contributed by atoms with van der Waals surface area (Å²) in [5.41, 5.74) is 7.08. The van der Waals surface area contributed by atoms with E-state index in [1.54, 1.807) is 6.07 Å². The minimum atomic E-state index is -0.0681. The maximum Gasteiger partial charge on any atom is 0.0853 e. The number of aromatic nitrogens is 1. The molecule has 3 heteroatoms. The molecule has 0 radical (unpaired) electrons. The minimum Gasteiger partial charge on any atom is -0.390 e. The van der Waals surface area contributed by atoms with Gasteiger partial charge in [-0.25, -0.2) is 0 Å².